The van der Waals surface area contributed by atoms with Crippen molar-refractivity contribution in [3.05, 3.63) is 29.3 Å². The van der Waals surface area contributed by atoms with E-state index in [9.17, 15) is 9.90 Å². The minimum Gasteiger partial charge on any atom is -0.497 e. The fourth-order valence-corrected chi connectivity index (χ4v) is 2.73. The van der Waals surface area contributed by atoms with Gasteiger partial charge in [0.1, 0.15) is 11.4 Å². The number of hydrogen-bond acceptors (Lipinski definition) is 5. The van der Waals surface area contributed by atoms with Crippen LogP contribution in [0.5, 0.6) is 5.75 Å². The maximum Gasteiger partial charge on any atom is 0.410 e. The fourth-order valence-electron chi connectivity index (χ4n) is 2.73. The van der Waals surface area contributed by atoms with Crippen molar-refractivity contribution in [2.24, 2.45) is 5.73 Å². The molecule has 1 aliphatic rings. The Hall–Kier alpha value is -1.79. The molecule has 1 amide bonds. The summed E-state index contributed by atoms with van der Waals surface area (Å²) in [6, 6.07) is 5.37. The zero-order chi connectivity index (χ0) is 17.2. The number of methoxy groups -OCH3 is 1. The topological polar surface area (TPSA) is 85.0 Å². The molecule has 3 N–H and O–H groups in total. The third kappa shape index (κ3) is 4.14. The van der Waals surface area contributed by atoms with Crippen molar-refractivity contribution in [1.29, 1.82) is 0 Å². The molecule has 2 atom stereocenters. The average Bonchev–Trinajstić information content (AvgIpc) is 2.50. The highest BCUT2D eigenvalue weighted by Crippen LogP contribution is 2.29. The molecule has 0 saturated carbocycles. The molecule has 128 valence electrons. The van der Waals surface area contributed by atoms with Crippen LogP contribution in [0.25, 0.3) is 0 Å². The van der Waals surface area contributed by atoms with Crippen molar-refractivity contribution in [2.75, 3.05) is 13.7 Å². The maximum atomic E-state index is 12.5. The Bertz CT molecular complexity index is 568. The predicted octanol–water partition coefficient (Wildman–Crippen LogP) is 1.68. The molecule has 1 heterocycles. The van der Waals surface area contributed by atoms with Gasteiger partial charge < -0.3 is 20.3 Å². The number of ether oxygens (including phenoxy) is 2. The minimum atomic E-state index is -0.794. The van der Waals surface area contributed by atoms with Crippen LogP contribution in [0.3, 0.4) is 0 Å². The number of benzene rings is 1. The van der Waals surface area contributed by atoms with Crippen molar-refractivity contribution >= 4 is 6.09 Å². The second-order valence-corrected chi connectivity index (χ2v) is 6.82. The highest BCUT2D eigenvalue weighted by Gasteiger charge is 2.36. The molecular weight excluding hydrogens is 296 g/mol. The van der Waals surface area contributed by atoms with Gasteiger partial charge >= 0.3 is 6.09 Å². The van der Waals surface area contributed by atoms with Gasteiger partial charge in [0, 0.05) is 13.1 Å². The minimum absolute atomic E-state index is 0.0927. The molecule has 0 spiro atoms. The first-order valence-electron chi connectivity index (χ1n) is 7.78. The third-order valence-electron chi connectivity index (χ3n) is 3.90. The van der Waals surface area contributed by atoms with Gasteiger partial charge in [-0.1, -0.05) is 6.07 Å². The summed E-state index contributed by atoms with van der Waals surface area (Å²) in [6.07, 6.45) is -0.696. The number of aliphatic hydroxyl groups excluding tert-OH is 1. The van der Waals surface area contributed by atoms with Crippen molar-refractivity contribution < 1.29 is 19.4 Å². The van der Waals surface area contributed by atoms with Gasteiger partial charge in [-0.25, -0.2) is 4.79 Å². The smallest absolute Gasteiger partial charge is 0.410 e. The Labute approximate surface area is 137 Å². The van der Waals surface area contributed by atoms with E-state index < -0.39 is 23.8 Å². The largest absolute Gasteiger partial charge is 0.497 e. The van der Waals surface area contributed by atoms with Crippen LogP contribution in [0.4, 0.5) is 4.79 Å². The van der Waals surface area contributed by atoms with E-state index in [-0.39, 0.29) is 6.54 Å². The van der Waals surface area contributed by atoms with E-state index in [1.807, 2.05) is 39.0 Å². The van der Waals surface area contributed by atoms with Crippen LogP contribution < -0.4 is 10.5 Å². The lowest BCUT2D eigenvalue weighted by molar-refractivity contribution is -0.0101. The van der Waals surface area contributed by atoms with Crippen molar-refractivity contribution in [3.63, 3.8) is 0 Å². The first kappa shape index (κ1) is 17.6. The summed E-state index contributed by atoms with van der Waals surface area (Å²) in [5, 5.41) is 10.2. The third-order valence-corrected chi connectivity index (χ3v) is 3.90. The molecule has 2 rings (SSSR count). The van der Waals surface area contributed by atoms with Crippen LogP contribution in [0.2, 0.25) is 0 Å². The molecule has 0 radical (unpaired) electrons. The molecule has 0 bridgehead atoms. The van der Waals surface area contributed by atoms with E-state index in [1.165, 1.54) is 0 Å². The second kappa shape index (κ2) is 6.76. The van der Waals surface area contributed by atoms with Crippen LogP contribution in [0.1, 0.15) is 31.9 Å². The van der Waals surface area contributed by atoms with Crippen LogP contribution in [0.15, 0.2) is 18.2 Å². The van der Waals surface area contributed by atoms with Crippen molar-refractivity contribution in [1.82, 2.24) is 4.90 Å². The van der Waals surface area contributed by atoms with Gasteiger partial charge in [0.25, 0.3) is 0 Å². The van der Waals surface area contributed by atoms with E-state index in [0.717, 1.165) is 16.9 Å². The molecular formula is C17H26N2O4. The molecule has 0 aromatic heterocycles. The highest BCUT2D eigenvalue weighted by molar-refractivity contribution is 5.69. The summed E-state index contributed by atoms with van der Waals surface area (Å²) in [7, 11) is 1.61. The summed E-state index contributed by atoms with van der Waals surface area (Å²) < 4.78 is 10.7. The Balaban J connectivity index is 2.31. The number of fused-ring (bicyclic) bond motifs is 1. The Morgan fingerprint density at radius 1 is 1.43 bits per heavy atom. The van der Waals surface area contributed by atoms with Gasteiger partial charge in [0.2, 0.25) is 0 Å². The molecule has 0 saturated heterocycles. The van der Waals surface area contributed by atoms with Crippen LogP contribution >= 0.6 is 0 Å². The molecule has 1 aromatic rings. The second-order valence-electron chi connectivity index (χ2n) is 6.82. The van der Waals surface area contributed by atoms with Crippen molar-refractivity contribution in [3.8, 4) is 5.75 Å². The fraction of sp³-hybridized carbons (Fsp3) is 0.588. The zero-order valence-electron chi connectivity index (χ0n) is 14.2. The average molecular weight is 322 g/mol. The van der Waals surface area contributed by atoms with Gasteiger partial charge in [-0.3, -0.25) is 4.90 Å². The molecule has 23 heavy (non-hydrogen) atoms. The normalized spacial score (nSPS) is 19.0. The summed E-state index contributed by atoms with van der Waals surface area (Å²) in [5.41, 5.74) is 7.10. The number of nitrogens with two attached hydrogens (primary N) is 1. The number of hydrogen-bond donors (Lipinski definition) is 2. The van der Waals surface area contributed by atoms with Gasteiger partial charge in [-0.15, -0.1) is 0 Å². The van der Waals surface area contributed by atoms with Gasteiger partial charge in [0.15, 0.2) is 0 Å². The van der Waals surface area contributed by atoms with E-state index in [2.05, 4.69) is 0 Å². The first-order valence-corrected chi connectivity index (χ1v) is 7.78. The van der Waals surface area contributed by atoms with Gasteiger partial charge in [0.05, 0.1) is 19.3 Å². The molecule has 1 aliphatic heterocycles. The lowest BCUT2D eigenvalue weighted by Gasteiger charge is -2.39. The lowest BCUT2D eigenvalue weighted by Crippen LogP contribution is -2.53. The van der Waals surface area contributed by atoms with E-state index >= 15 is 0 Å². The van der Waals surface area contributed by atoms with E-state index in [1.54, 1.807) is 12.0 Å². The molecule has 1 aromatic carbocycles. The van der Waals surface area contributed by atoms with Crippen LogP contribution in [-0.2, 0) is 17.7 Å². The Morgan fingerprint density at radius 2 is 2.13 bits per heavy atom. The number of nitrogens with zero attached hydrogens (tertiary/aromatic N) is 1. The number of carbonyl (C=O) groups excluding carboxylic acids is 1. The number of aliphatic hydroxyl groups is 1. The summed E-state index contributed by atoms with van der Waals surface area (Å²) >= 11 is 0. The number of amides is 1. The lowest BCUT2D eigenvalue weighted by atomic mass is 9.91. The monoisotopic (exact) mass is 322 g/mol. The van der Waals surface area contributed by atoms with Crippen LogP contribution in [-0.4, -0.2) is 47.5 Å². The maximum absolute atomic E-state index is 12.5. The summed E-state index contributed by atoms with van der Waals surface area (Å²) in [4.78, 5) is 14.1. The summed E-state index contributed by atoms with van der Waals surface area (Å²) in [6.45, 7) is 5.92. The first-order chi connectivity index (χ1) is 10.7. The molecule has 0 fully saturated rings. The quantitative estimate of drug-likeness (QED) is 0.884. The number of carbonyl (C=O) groups is 1. The predicted molar refractivity (Wildman–Crippen MR) is 87.3 cm³/mol. The number of rotatable bonds is 3. The van der Waals surface area contributed by atoms with Gasteiger partial charge in [-0.05, 0) is 50.5 Å². The Kier molecular flexibility index (Phi) is 5.16. The van der Waals surface area contributed by atoms with Crippen LogP contribution in [0, 0.1) is 0 Å². The van der Waals surface area contributed by atoms with E-state index in [4.69, 9.17) is 15.2 Å². The molecule has 0 unspecified atom stereocenters. The standard InChI is InChI=1S/C17H26N2O4/c1-17(2,3)23-16(21)19-10-12-7-13(22-4)6-5-11(12)8-14(19)15(20)9-18/h5-7,14-15,20H,8-10,18H2,1-4H3/t14-,15+/m0/s1. The Morgan fingerprint density at radius 3 is 2.70 bits per heavy atom. The van der Waals surface area contributed by atoms with Crippen molar-refractivity contribution in [2.45, 2.75) is 51.5 Å². The van der Waals surface area contributed by atoms with E-state index in [0.29, 0.717) is 13.0 Å². The summed E-state index contributed by atoms with van der Waals surface area (Å²) in [5.74, 6) is 0.741. The SMILES string of the molecule is COc1ccc2c(c1)CN(C(=O)OC(C)(C)C)[C@H]([C@H](O)CN)C2. The highest BCUT2D eigenvalue weighted by atomic mass is 16.6. The molecule has 6 nitrogen and oxygen atoms in total. The molecule has 6 heteroatoms. The zero-order valence-corrected chi connectivity index (χ0v) is 14.2. The molecule has 0 aliphatic carbocycles. The van der Waals surface area contributed by atoms with Gasteiger partial charge in [-0.2, -0.15) is 0 Å².